The van der Waals surface area contributed by atoms with Gasteiger partial charge in [0, 0.05) is 6.54 Å². The van der Waals surface area contributed by atoms with E-state index in [-0.39, 0.29) is 17.9 Å². The summed E-state index contributed by atoms with van der Waals surface area (Å²) in [5.74, 6) is 1.19. The first kappa shape index (κ1) is 23.9. The summed E-state index contributed by atoms with van der Waals surface area (Å²) in [5.41, 5.74) is 1.64. The highest BCUT2D eigenvalue weighted by molar-refractivity contribution is 7.89. The Morgan fingerprint density at radius 1 is 1.03 bits per heavy atom. The number of fused-ring (bicyclic) bond motifs is 1. The fourth-order valence-corrected chi connectivity index (χ4v) is 5.45. The minimum atomic E-state index is -3.88. The lowest BCUT2D eigenvalue weighted by atomic mass is 9.91. The van der Waals surface area contributed by atoms with E-state index in [1.54, 1.807) is 18.2 Å². The third-order valence-corrected chi connectivity index (χ3v) is 7.29. The van der Waals surface area contributed by atoms with Gasteiger partial charge in [0.15, 0.2) is 11.5 Å². The number of nitrogens with zero attached hydrogens (tertiary/aromatic N) is 1. The Kier molecular flexibility index (Phi) is 7.63. The van der Waals surface area contributed by atoms with E-state index in [0.29, 0.717) is 42.4 Å². The molecule has 0 fully saturated rings. The number of carbonyl (C=O) groups excluding carboxylic acids is 1. The maximum Gasteiger partial charge on any atom is 0.307 e. The van der Waals surface area contributed by atoms with Crippen LogP contribution in [0.25, 0.3) is 0 Å². The number of hydrogen-bond acceptors (Lipinski definition) is 7. The first-order valence-corrected chi connectivity index (χ1v) is 11.9. The van der Waals surface area contributed by atoms with Crippen LogP contribution in [0.2, 0.25) is 0 Å². The van der Waals surface area contributed by atoms with Crippen LogP contribution >= 0.6 is 0 Å². The van der Waals surface area contributed by atoms with Gasteiger partial charge in [-0.2, -0.15) is 4.31 Å². The van der Waals surface area contributed by atoms with Gasteiger partial charge < -0.3 is 18.9 Å². The van der Waals surface area contributed by atoms with Crippen molar-refractivity contribution in [1.29, 1.82) is 0 Å². The zero-order chi connectivity index (χ0) is 23.3. The molecule has 1 heterocycles. The molecule has 0 saturated carbocycles. The van der Waals surface area contributed by atoms with Gasteiger partial charge >= 0.3 is 5.97 Å². The SMILES string of the molecule is CCOc1cc2c(cc1OCC)C(CC(=O)OC)N(S(=O)(=O)c1ccc(OC)cc1)CC2. The lowest BCUT2D eigenvalue weighted by Crippen LogP contribution is -2.41. The molecule has 3 rings (SSSR count). The average molecular weight is 464 g/mol. The van der Waals surface area contributed by atoms with E-state index in [1.807, 2.05) is 19.9 Å². The van der Waals surface area contributed by atoms with Crippen molar-refractivity contribution in [3.8, 4) is 17.2 Å². The van der Waals surface area contributed by atoms with Gasteiger partial charge in [0.2, 0.25) is 10.0 Å². The maximum atomic E-state index is 13.5. The molecule has 0 saturated heterocycles. The third-order valence-electron chi connectivity index (χ3n) is 5.37. The van der Waals surface area contributed by atoms with E-state index in [2.05, 4.69) is 0 Å². The van der Waals surface area contributed by atoms with Crippen LogP contribution in [0.15, 0.2) is 41.3 Å². The molecule has 32 heavy (non-hydrogen) atoms. The Morgan fingerprint density at radius 2 is 1.66 bits per heavy atom. The fraction of sp³-hybridized carbons (Fsp3) is 0.435. The van der Waals surface area contributed by atoms with Gasteiger partial charge in [0.1, 0.15) is 5.75 Å². The molecule has 0 amide bonds. The Labute approximate surface area is 189 Å². The molecule has 0 bridgehead atoms. The zero-order valence-corrected chi connectivity index (χ0v) is 19.6. The van der Waals surface area contributed by atoms with Gasteiger partial charge in [-0.15, -0.1) is 0 Å². The van der Waals surface area contributed by atoms with Crippen LogP contribution in [0.1, 0.15) is 37.4 Å². The molecule has 1 aliphatic rings. The molecule has 1 atom stereocenters. The quantitative estimate of drug-likeness (QED) is 0.527. The second kappa shape index (κ2) is 10.2. The molecule has 2 aromatic rings. The number of ether oxygens (including phenoxy) is 4. The van der Waals surface area contributed by atoms with Crippen molar-refractivity contribution in [2.75, 3.05) is 34.0 Å². The summed E-state index contributed by atoms with van der Waals surface area (Å²) in [6, 6.07) is 9.14. The monoisotopic (exact) mass is 463 g/mol. The Hall–Kier alpha value is -2.78. The lowest BCUT2D eigenvalue weighted by molar-refractivity contribution is -0.141. The van der Waals surface area contributed by atoms with Crippen molar-refractivity contribution in [1.82, 2.24) is 4.31 Å². The summed E-state index contributed by atoms with van der Waals surface area (Å²) in [6.45, 7) is 4.87. The third kappa shape index (κ3) is 4.83. The Morgan fingerprint density at radius 3 is 2.22 bits per heavy atom. The fourth-order valence-electron chi connectivity index (χ4n) is 3.85. The largest absolute Gasteiger partial charge is 0.497 e. The summed E-state index contributed by atoms with van der Waals surface area (Å²) in [4.78, 5) is 12.4. The van der Waals surface area contributed by atoms with Crippen LogP contribution in [0.3, 0.4) is 0 Å². The van der Waals surface area contributed by atoms with Gasteiger partial charge in [-0.3, -0.25) is 4.79 Å². The summed E-state index contributed by atoms with van der Waals surface area (Å²) in [6.07, 6.45) is 0.368. The van der Waals surface area contributed by atoms with Crippen LogP contribution in [0, 0.1) is 0 Å². The van der Waals surface area contributed by atoms with Gasteiger partial charge in [-0.1, -0.05) is 0 Å². The number of hydrogen-bond donors (Lipinski definition) is 0. The minimum Gasteiger partial charge on any atom is -0.497 e. The molecule has 0 spiro atoms. The van der Waals surface area contributed by atoms with Crippen molar-refractivity contribution in [2.45, 2.75) is 37.6 Å². The minimum absolute atomic E-state index is 0.113. The van der Waals surface area contributed by atoms with Gasteiger partial charge in [0.25, 0.3) is 0 Å². The first-order valence-electron chi connectivity index (χ1n) is 10.5. The molecule has 1 unspecified atom stereocenters. The smallest absolute Gasteiger partial charge is 0.307 e. The van der Waals surface area contributed by atoms with E-state index in [1.165, 1.54) is 30.7 Å². The second-order valence-corrected chi connectivity index (χ2v) is 9.09. The molecule has 0 N–H and O–H groups in total. The topological polar surface area (TPSA) is 91.4 Å². The molecule has 8 nitrogen and oxygen atoms in total. The molecule has 2 aromatic carbocycles. The van der Waals surface area contributed by atoms with E-state index >= 15 is 0 Å². The van der Waals surface area contributed by atoms with Crippen molar-refractivity contribution in [2.24, 2.45) is 0 Å². The number of carbonyl (C=O) groups is 1. The number of sulfonamides is 1. The molecule has 9 heteroatoms. The number of benzene rings is 2. The molecular formula is C23H29NO7S. The van der Waals surface area contributed by atoms with Gasteiger partial charge in [0.05, 0.1) is 44.8 Å². The summed E-state index contributed by atoms with van der Waals surface area (Å²) in [7, 11) is -1.07. The molecule has 174 valence electrons. The maximum absolute atomic E-state index is 13.5. The van der Waals surface area contributed by atoms with Crippen molar-refractivity contribution < 1.29 is 32.2 Å². The zero-order valence-electron chi connectivity index (χ0n) is 18.8. The van der Waals surface area contributed by atoms with Crippen LogP contribution in [-0.4, -0.2) is 52.7 Å². The lowest BCUT2D eigenvalue weighted by Gasteiger charge is -2.36. The van der Waals surface area contributed by atoms with Gasteiger partial charge in [-0.25, -0.2) is 8.42 Å². The Balaban J connectivity index is 2.08. The highest BCUT2D eigenvalue weighted by Crippen LogP contribution is 2.42. The molecular weight excluding hydrogens is 434 g/mol. The first-order chi connectivity index (χ1) is 15.3. The molecule has 0 aromatic heterocycles. The summed E-state index contributed by atoms with van der Waals surface area (Å²) in [5, 5.41) is 0. The number of rotatable bonds is 9. The van der Waals surface area contributed by atoms with Crippen molar-refractivity contribution in [3.63, 3.8) is 0 Å². The molecule has 0 radical (unpaired) electrons. The standard InChI is InChI=1S/C23H29NO7S/c1-5-30-21-13-16-11-12-24(32(26,27)18-9-7-17(28-3)8-10-18)20(15-23(25)29-4)19(16)14-22(21)31-6-2/h7-10,13-14,20H,5-6,11-12,15H2,1-4H3. The van der Waals surface area contributed by atoms with Crippen molar-refractivity contribution >= 4 is 16.0 Å². The number of methoxy groups -OCH3 is 2. The van der Waals surface area contributed by atoms with Gasteiger partial charge in [-0.05, 0) is 67.8 Å². The number of esters is 1. The van der Waals surface area contributed by atoms with E-state index in [9.17, 15) is 13.2 Å². The second-order valence-electron chi connectivity index (χ2n) is 7.20. The summed E-state index contributed by atoms with van der Waals surface area (Å²) < 4.78 is 49.9. The van der Waals surface area contributed by atoms with E-state index in [4.69, 9.17) is 18.9 Å². The summed E-state index contributed by atoms with van der Waals surface area (Å²) >= 11 is 0. The predicted octanol–water partition coefficient (Wildman–Crippen LogP) is 3.34. The predicted molar refractivity (Wildman–Crippen MR) is 119 cm³/mol. The highest BCUT2D eigenvalue weighted by atomic mass is 32.2. The van der Waals surface area contributed by atoms with E-state index < -0.39 is 22.0 Å². The average Bonchev–Trinajstić information content (AvgIpc) is 2.80. The normalized spacial score (nSPS) is 16.2. The van der Waals surface area contributed by atoms with Crippen molar-refractivity contribution in [3.05, 3.63) is 47.5 Å². The van der Waals surface area contributed by atoms with Crippen LogP contribution < -0.4 is 14.2 Å². The Bertz CT molecular complexity index is 1050. The van der Waals surface area contributed by atoms with Crippen LogP contribution in [-0.2, 0) is 26.0 Å². The van der Waals surface area contributed by atoms with Crippen LogP contribution in [0.4, 0.5) is 0 Å². The van der Waals surface area contributed by atoms with E-state index in [0.717, 1.165) is 5.56 Å². The molecule has 0 aliphatic carbocycles. The highest BCUT2D eigenvalue weighted by Gasteiger charge is 2.38. The van der Waals surface area contributed by atoms with Crippen LogP contribution in [0.5, 0.6) is 17.2 Å². The molecule has 1 aliphatic heterocycles.